The van der Waals surface area contributed by atoms with Crippen LogP contribution in [-0.4, -0.2) is 24.5 Å². The third-order valence-corrected chi connectivity index (χ3v) is 4.58. The normalized spacial score (nSPS) is 25.6. The van der Waals surface area contributed by atoms with Gasteiger partial charge in [0, 0.05) is 19.0 Å². The van der Waals surface area contributed by atoms with Crippen molar-refractivity contribution >= 4 is 5.91 Å². The lowest BCUT2D eigenvalue weighted by atomic mass is 10.1. The van der Waals surface area contributed by atoms with E-state index in [2.05, 4.69) is 13.8 Å². The molecular formula is C17H25NO2. The van der Waals surface area contributed by atoms with Gasteiger partial charge in [-0.05, 0) is 29.0 Å². The van der Waals surface area contributed by atoms with Crippen LogP contribution in [-0.2, 0) is 11.3 Å². The molecule has 20 heavy (non-hydrogen) atoms. The Morgan fingerprint density at radius 2 is 1.85 bits per heavy atom. The number of hydrogen-bond acceptors (Lipinski definition) is 2. The largest absolute Gasteiger partial charge is 0.497 e. The number of ether oxygens (including phenoxy) is 1. The van der Waals surface area contributed by atoms with Crippen molar-refractivity contribution < 1.29 is 9.53 Å². The molecule has 1 aliphatic carbocycles. The molecule has 2 aliphatic rings. The first kappa shape index (κ1) is 14.9. The highest BCUT2D eigenvalue weighted by Crippen LogP contribution is 2.62. The molecule has 3 rings (SSSR count). The van der Waals surface area contributed by atoms with Gasteiger partial charge in [0.05, 0.1) is 7.11 Å². The number of carbonyl (C=O) groups is 1. The summed E-state index contributed by atoms with van der Waals surface area (Å²) in [7, 11) is 1.66. The molecule has 3 heteroatoms. The van der Waals surface area contributed by atoms with Crippen LogP contribution in [0.15, 0.2) is 24.3 Å². The zero-order valence-corrected chi connectivity index (χ0v) is 13.1. The van der Waals surface area contributed by atoms with Crippen molar-refractivity contribution in [3.63, 3.8) is 0 Å². The number of likely N-dealkylation sites (tertiary alicyclic amines) is 1. The topological polar surface area (TPSA) is 29.5 Å². The van der Waals surface area contributed by atoms with E-state index in [1.165, 1.54) is 5.56 Å². The average Bonchev–Trinajstić information content (AvgIpc) is 2.82. The number of nitrogens with zero attached hydrogens (tertiary/aromatic N) is 1. The van der Waals surface area contributed by atoms with E-state index in [4.69, 9.17) is 4.74 Å². The molecule has 2 atom stereocenters. The zero-order valence-electron chi connectivity index (χ0n) is 13.1. The number of carbonyl (C=O) groups excluding carboxylic acids is 1. The van der Waals surface area contributed by atoms with Crippen LogP contribution in [0, 0.1) is 17.3 Å². The number of benzene rings is 1. The molecule has 0 aromatic heterocycles. The molecular weight excluding hydrogens is 250 g/mol. The highest BCUT2D eigenvalue weighted by atomic mass is 16.5. The number of piperidine rings is 1. The van der Waals surface area contributed by atoms with Crippen molar-refractivity contribution in [2.24, 2.45) is 17.3 Å². The van der Waals surface area contributed by atoms with Gasteiger partial charge in [0.1, 0.15) is 5.75 Å². The van der Waals surface area contributed by atoms with Gasteiger partial charge in [-0.3, -0.25) is 4.79 Å². The van der Waals surface area contributed by atoms with Gasteiger partial charge in [-0.25, -0.2) is 0 Å². The van der Waals surface area contributed by atoms with Crippen molar-refractivity contribution in [2.75, 3.05) is 13.7 Å². The molecule has 1 aromatic rings. The smallest absolute Gasteiger partial charge is 0.226 e. The van der Waals surface area contributed by atoms with Crippen LogP contribution in [0.1, 0.15) is 33.3 Å². The first-order valence-corrected chi connectivity index (χ1v) is 7.46. The Bertz CT molecular complexity index is 478. The Morgan fingerprint density at radius 3 is 2.30 bits per heavy atom. The molecule has 1 amide bonds. The summed E-state index contributed by atoms with van der Waals surface area (Å²) in [6.45, 7) is 10.0. The lowest BCUT2D eigenvalue weighted by molar-refractivity contribution is -0.131. The summed E-state index contributed by atoms with van der Waals surface area (Å²) in [5.74, 6) is 2.04. The van der Waals surface area contributed by atoms with Gasteiger partial charge in [-0.1, -0.05) is 39.8 Å². The van der Waals surface area contributed by atoms with Crippen LogP contribution in [0.5, 0.6) is 5.75 Å². The standard InChI is InChI=1S/C15H19NO2.C2H6/c1-15(2)12-9-16(14(17)13(12)15)8-10-4-6-11(18-3)7-5-10;1-2/h4-7,12-13H,8-9H2,1-3H3;1-2H3. The summed E-state index contributed by atoms with van der Waals surface area (Å²) in [6.07, 6.45) is 0. The zero-order chi connectivity index (χ0) is 14.9. The van der Waals surface area contributed by atoms with E-state index in [1.807, 2.05) is 43.0 Å². The maximum Gasteiger partial charge on any atom is 0.226 e. The molecule has 0 N–H and O–H groups in total. The van der Waals surface area contributed by atoms with Crippen molar-refractivity contribution in [3.05, 3.63) is 29.8 Å². The minimum Gasteiger partial charge on any atom is -0.497 e. The fourth-order valence-corrected chi connectivity index (χ4v) is 3.19. The van der Waals surface area contributed by atoms with E-state index in [0.29, 0.717) is 11.8 Å². The fourth-order valence-electron chi connectivity index (χ4n) is 3.19. The first-order valence-electron chi connectivity index (χ1n) is 7.46. The van der Waals surface area contributed by atoms with Gasteiger partial charge in [0.25, 0.3) is 0 Å². The number of hydrogen-bond donors (Lipinski definition) is 0. The SMILES string of the molecule is CC.COc1ccc(CN2CC3C(C2=O)C3(C)C)cc1. The Labute approximate surface area is 121 Å². The van der Waals surface area contributed by atoms with Crippen molar-refractivity contribution in [2.45, 2.75) is 34.2 Å². The summed E-state index contributed by atoms with van der Waals surface area (Å²) >= 11 is 0. The fraction of sp³-hybridized carbons (Fsp3) is 0.588. The van der Waals surface area contributed by atoms with Crippen molar-refractivity contribution in [1.82, 2.24) is 4.90 Å². The van der Waals surface area contributed by atoms with Crippen LogP contribution in [0.4, 0.5) is 0 Å². The second-order valence-electron chi connectivity index (χ2n) is 5.97. The Balaban J connectivity index is 0.000000704. The summed E-state index contributed by atoms with van der Waals surface area (Å²) in [5.41, 5.74) is 1.41. The van der Waals surface area contributed by atoms with Crippen LogP contribution in [0.3, 0.4) is 0 Å². The van der Waals surface area contributed by atoms with Gasteiger partial charge >= 0.3 is 0 Å². The third-order valence-electron chi connectivity index (χ3n) is 4.58. The van der Waals surface area contributed by atoms with E-state index in [9.17, 15) is 4.79 Å². The predicted molar refractivity (Wildman–Crippen MR) is 80.5 cm³/mol. The lowest BCUT2D eigenvalue weighted by Crippen LogP contribution is -2.31. The monoisotopic (exact) mass is 275 g/mol. The van der Waals surface area contributed by atoms with Gasteiger partial charge in [-0.2, -0.15) is 0 Å². The summed E-state index contributed by atoms with van der Waals surface area (Å²) in [5, 5.41) is 0. The molecule has 3 nitrogen and oxygen atoms in total. The van der Waals surface area contributed by atoms with Crippen LogP contribution < -0.4 is 4.74 Å². The number of methoxy groups -OCH3 is 1. The van der Waals surface area contributed by atoms with Crippen LogP contribution >= 0.6 is 0 Å². The van der Waals surface area contributed by atoms with E-state index in [1.54, 1.807) is 7.11 Å². The average molecular weight is 275 g/mol. The lowest BCUT2D eigenvalue weighted by Gasteiger charge is -2.22. The van der Waals surface area contributed by atoms with Crippen LogP contribution in [0.25, 0.3) is 0 Å². The van der Waals surface area contributed by atoms with Gasteiger partial charge in [-0.15, -0.1) is 0 Å². The number of rotatable bonds is 3. The van der Waals surface area contributed by atoms with Gasteiger partial charge < -0.3 is 9.64 Å². The summed E-state index contributed by atoms with van der Waals surface area (Å²) in [4.78, 5) is 14.2. The molecule has 2 fully saturated rings. The molecule has 1 aromatic carbocycles. The molecule has 0 bridgehead atoms. The number of fused-ring (bicyclic) bond motifs is 1. The highest BCUT2D eigenvalue weighted by molar-refractivity contribution is 5.86. The minimum atomic E-state index is 0.244. The maximum absolute atomic E-state index is 12.2. The molecule has 110 valence electrons. The molecule has 1 saturated heterocycles. The second kappa shape index (κ2) is 5.47. The summed E-state index contributed by atoms with van der Waals surface area (Å²) < 4.78 is 5.13. The Kier molecular flexibility index (Phi) is 4.07. The second-order valence-corrected chi connectivity index (χ2v) is 5.97. The van der Waals surface area contributed by atoms with E-state index >= 15 is 0 Å². The Morgan fingerprint density at radius 1 is 1.25 bits per heavy atom. The summed E-state index contributed by atoms with van der Waals surface area (Å²) in [6, 6.07) is 7.95. The van der Waals surface area contributed by atoms with E-state index in [0.717, 1.165) is 18.8 Å². The third kappa shape index (κ3) is 2.41. The van der Waals surface area contributed by atoms with Gasteiger partial charge in [0.15, 0.2) is 0 Å². The molecule has 2 unspecified atom stereocenters. The quantitative estimate of drug-likeness (QED) is 0.846. The predicted octanol–water partition coefficient (Wildman–Crippen LogP) is 3.34. The number of amides is 1. The van der Waals surface area contributed by atoms with Gasteiger partial charge in [0.2, 0.25) is 5.91 Å². The highest BCUT2D eigenvalue weighted by Gasteiger charge is 2.67. The molecule has 1 heterocycles. The molecule has 0 radical (unpaired) electrons. The van der Waals surface area contributed by atoms with Crippen LogP contribution in [0.2, 0.25) is 0 Å². The van der Waals surface area contributed by atoms with Crippen molar-refractivity contribution in [3.8, 4) is 5.75 Å². The van der Waals surface area contributed by atoms with E-state index < -0.39 is 0 Å². The minimum absolute atomic E-state index is 0.244. The molecule has 1 aliphatic heterocycles. The molecule has 0 spiro atoms. The maximum atomic E-state index is 12.2. The molecule has 1 saturated carbocycles. The van der Waals surface area contributed by atoms with Crippen molar-refractivity contribution in [1.29, 1.82) is 0 Å². The van der Waals surface area contributed by atoms with E-state index in [-0.39, 0.29) is 11.3 Å². The Hall–Kier alpha value is -1.51. The first-order chi connectivity index (χ1) is 9.54.